The van der Waals surface area contributed by atoms with E-state index in [1.165, 1.54) is 17.4 Å². The molecule has 2 aromatic heterocycles. The molecule has 3 aliphatic rings. The van der Waals surface area contributed by atoms with Gasteiger partial charge in [-0.2, -0.15) is 17.5 Å². The Morgan fingerprint density at radius 2 is 1.79 bits per heavy atom. The molecule has 1 atom stereocenters. The highest BCUT2D eigenvalue weighted by molar-refractivity contribution is 7.90. The van der Waals surface area contributed by atoms with Crippen LogP contribution in [0.15, 0.2) is 30.5 Å². The third-order valence-electron chi connectivity index (χ3n) is 10.7. The lowest BCUT2D eigenvalue weighted by Crippen LogP contribution is -2.56. The number of rotatable bonds is 6. The number of benzene rings is 1. The minimum Gasteiger partial charge on any atom is -0.490 e. The standard InChI is InChI=1S/C34H46F3N3O4S2Si/c1-31(2,3)46(41,42)40-20-23(19-33(40)11-9-12-33)39-14-15-43-28-17-22(34(35,36)37)16-26(29(28)39)25-10-13-38-27-18-24(45-30(25)27)21-44-47(7,8)32(4,5)6/h10,13,16-18,23H,9,11-12,14-15,19-21H2,1-8H3. The highest BCUT2D eigenvalue weighted by atomic mass is 32.2. The summed E-state index contributed by atoms with van der Waals surface area (Å²) in [6, 6.07) is 5.85. The van der Waals surface area contributed by atoms with E-state index in [0.717, 1.165) is 34.9 Å². The van der Waals surface area contributed by atoms with E-state index in [9.17, 15) is 21.6 Å². The molecule has 2 fully saturated rings. The van der Waals surface area contributed by atoms with Gasteiger partial charge < -0.3 is 14.1 Å². The van der Waals surface area contributed by atoms with Gasteiger partial charge in [-0.15, -0.1) is 11.3 Å². The van der Waals surface area contributed by atoms with Gasteiger partial charge in [-0.1, -0.05) is 20.8 Å². The van der Waals surface area contributed by atoms with Crippen molar-refractivity contribution < 1.29 is 30.8 Å². The molecule has 1 aromatic carbocycles. The van der Waals surface area contributed by atoms with Crippen molar-refractivity contribution in [3.05, 3.63) is 40.9 Å². The summed E-state index contributed by atoms with van der Waals surface area (Å²) in [6.45, 7) is 17.5. The normalized spacial score (nSPS) is 20.8. The van der Waals surface area contributed by atoms with Crippen LogP contribution in [-0.4, -0.2) is 62.0 Å². The Morgan fingerprint density at radius 3 is 2.38 bits per heavy atom. The Bertz CT molecular complexity index is 1790. The summed E-state index contributed by atoms with van der Waals surface area (Å²) in [5.74, 6) is 0.170. The number of anilines is 1. The van der Waals surface area contributed by atoms with E-state index in [0.29, 0.717) is 48.4 Å². The smallest absolute Gasteiger partial charge is 0.416 e. The molecular weight excluding hydrogens is 664 g/mol. The first-order chi connectivity index (χ1) is 21.6. The van der Waals surface area contributed by atoms with Crippen molar-refractivity contribution in [3.63, 3.8) is 0 Å². The minimum atomic E-state index is -4.58. The van der Waals surface area contributed by atoms with E-state index < -0.39 is 40.4 Å². The van der Waals surface area contributed by atoms with Crippen LogP contribution in [0.25, 0.3) is 21.3 Å². The maximum atomic E-state index is 14.4. The van der Waals surface area contributed by atoms with Crippen LogP contribution < -0.4 is 9.64 Å². The van der Waals surface area contributed by atoms with E-state index in [-0.39, 0.29) is 23.4 Å². The first kappa shape index (κ1) is 34.7. The second-order valence-corrected chi connectivity index (χ2v) is 24.4. The maximum absolute atomic E-state index is 14.4. The number of thiophene rings is 1. The summed E-state index contributed by atoms with van der Waals surface area (Å²) in [7, 11) is -5.66. The second kappa shape index (κ2) is 11.4. The second-order valence-electron chi connectivity index (χ2n) is 15.8. The van der Waals surface area contributed by atoms with Gasteiger partial charge in [0, 0.05) is 40.3 Å². The Kier molecular flexibility index (Phi) is 8.43. The van der Waals surface area contributed by atoms with Crippen LogP contribution in [0, 0.1) is 0 Å². The van der Waals surface area contributed by atoms with Crippen molar-refractivity contribution in [1.82, 2.24) is 9.29 Å². The number of ether oxygens (including phenoxy) is 1. The molecule has 1 spiro atoms. The predicted molar refractivity (Wildman–Crippen MR) is 185 cm³/mol. The number of alkyl halides is 3. The van der Waals surface area contributed by atoms with Crippen molar-refractivity contribution >= 4 is 45.6 Å². The first-order valence-electron chi connectivity index (χ1n) is 16.3. The zero-order chi connectivity index (χ0) is 34.4. The van der Waals surface area contributed by atoms with Crippen LogP contribution in [0.1, 0.15) is 77.7 Å². The van der Waals surface area contributed by atoms with Gasteiger partial charge in [0.2, 0.25) is 10.0 Å². The van der Waals surface area contributed by atoms with Gasteiger partial charge in [-0.05, 0) is 88.9 Å². The molecule has 0 N–H and O–H groups in total. The van der Waals surface area contributed by atoms with Crippen LogP contribution in [-0.2, 0) is 27.2 Å². The molecule has 0 bridgehead atoms. The van der Waals surface area contributed by atoms with Gasteiger partial charge in [0.25, 0.3) is 0 Å². The van der Waals surface area contributed by atoms with E-state index in [4.69, 9.17) is 9.16 Å². The number of fused-ring (bicyclic) bond motifs is 2. The molecule has 7 nitrogen and oxygen atoms in total. The van der Waals surface area contributed by atoms with E-state index in [2.05, 4.69) is 43.7 Å². The fraction of sp³-hybridized carbons (Fsp3) is 0.618. The number of hydrogen-bond acceptors (Lipinski definition) is 7. The number of nitrogens with zero attached hydrogens (tertiary/aromatic N) is 3. The van der Waals surface area contributed by atoms with Crippen LogP contribution in [0.5, 0.6) is 5.75 Å². The van der Waals surface area contributed by atoms with Gasteiger partial charge in [-0.3, -0.25) is 4.98 Å². The summed E-state index contributed by atoms with van der Waals surface area (Å²) < 4.78 is 84.8. The van der Waals surface area contributed by atoms with Crippen LogP contribution in [0.4, 0.5) is 18.9 Å². The molecule has 258 valence electrons. The summed E-state index contributed by atoms with van der Waals surface area (Å²) in [5.41, 5.74) is 1.10. The minimum absolute atomic E-state index is 0.0355. The Morgan fingerprint density at radius 1 is 1.09 bits per heavy atom. The van der Waals surface area contributed by atoms with Crippen molar-refractivity contribution in [2.24, 2.45) is 0 Å². The molecule has 1 saturated heterocycles. The topological polar surface area (TPSA) is 72.0 Å². The zero-order valence-electron chi connectivity index (χ0n) is 28.5. The molecular formula is C34H46F3N3O4S2Si. The molecule has 1 aliphatic carbocycles. The van der Waals surface area contributed by atoms with E-state index in [1.54, 1.807) is 37.3 Å². The number of pyridine rings is 1. The monoisotopic (exact) mass is 709 g/mol. The molecule has 2 aliphatic heterocycles. The van der Waals surface area contributed by atoms with Gasteiger partial charge >= 0.3 is 6.18 Å². The predicted octanol–water partition coefficient (Wildman–Crippen LogP) is 8.83. The number of halogens is 3. The quantitative estimate of drug-likeness (QED) is 0.238. The third kappa shape index (κ3) is 6.02. The van der Waals surface area contributed by atoms with E-state index in [1.807, 2.05) is 6.07 Å². The van der Waals surface area contributed by atoms with Crippen molar-refractivity contribution in [2.45, 2.75) is 114 Å². The lowest BCUT2D eigenvalue weighted by Gasteiger charge is -2.46. The Balaban J connectivity index is 1.45. The molecule has 0 radical (unpaired) electrons. The molecule has 47 heavy (non-hydrogen) atoms. The summed E-state index contributed by atoms with van der Waals surface area (Å²) in [5, 5.41) is 0.0355. The number of sulfonamides is 1. The van der Waals surface area contributed by atoms with E-state index >= 15 is 0 Å². The molecule has 0 amide bonds. The van der Waals surface area contributed by atoms with Crippen LogP contribution >= 0.6 is 11.3 Å². The molecule has 4 heterocycles. The maximum Gasteiger partial charge on any atom is 0.416 e. The number of hydrogen-bond donors (Lipinski definition) is 0. The highest BCUT2D eigenvalue weighted by Crippen LogP contribution is 2.53. The SMILES string of the molecule is CC(C)(C)[Si](C)(C)OCc1cc2nccc(-c3cc(C(F)(F)F)cc4c3N(C3CN(S(=O)(=O)C(C)(C)C)C5(CCC5)C3)CCO4)c2s1. The fourth-order valence-corrected chi connectivity index (χ4v) is 10.7. The van der Waals surface area contributed by atoms with Crippen LogP contribution in [0.3, 0.4) is 0 Å². The number of aromatic nitrogens is 1. The van der Waals surface area contributed by atoms with Gasteiger partial charge in [-0.25, -0.2) is 8.42 Å². The van der Waals surface area contributed by atoms with Gasteiger partial charge in [0.15, 0.2) is 8.32 Å². The average Bonchev–Trinajstić information content (AvgIpc) is 3.56. The summed E-state index contributed by atoms with van der Waals surface area (Å²) in [4.78, 5) is 7.67. The first-order valence-corrected chi connectivity index (χ1v) is 21.5. The van der Waals surface area contributed by atoms with Crippen molar-refractivity contribution in [1.29, 1.82) is 0 Å². The fourth-order valence-electron chi connectivity index (χ4n) is 6.77. The highest BCUT2D eigenvalue weighted by Gasteiger charge is 2.57. The molecule has 1 saturated carbocycles. The van der Waals surface area contributed by atoms with Gasteiger partial charge in [0.05, 0.1) is 39.4 Å². The lowest BCUT2D eigenvalue weighted by atomic mass is 9.75. The molecule has 3 aromatic rings. The van der Waals surface area contributed by atoms with Crippen molar-refractivity contribution in [2.75, 3.05) is 24.6 Å². The van der Waals surface area contributed by atoms with Gasteiger partial charge in [0.1, 0.15) is 12.4 Å². The molecule has 1 unspecified atom stereocenters. The Labute approximate surface area is 281 Å². The summed E-state index contributed by atoms with van der Waals surface area (Å²) >= 11 is 1.49. The zero-order valence-corrected chi connectivity index (χ0v) is 31.2. The summed E-state index contributed by atoms with van der Waals surface area (Å²) in [6.07, 6.45) is 0.214. The molecule has 13 heteroatoms. The Hall–Kier alpha value is -2.19. The molecule has 6 rings (SSSR count). The lowest BCUT2D eigenvalue weighted by molar-refractivity contribution is -0.137. The third-order valence-corrected chi connectivity index (χ3v) is 19.0. The van der Waals surface area contributed by atoms with Crippen molar-refractivity contribution in [3.8, 4) is 16.9 Å². The average molecular weight is 710 g/mol. The van der Waals surface area contributed by atoms with Crippen LogP contribution in [0.2, 0.25) is 18.1 Å². The largest absolute Gasteiger partial charge is 0.490 e.